The molecule has 0 spiro atoms. The molecule has 20 heavy (non-hydrogen) atoms. The van der Waals surface area contributed by atoms with Gasteiger partial charge in [-0.15, -0.1) is 0 Å². The summed E-state index contributed by atoms with van der Waals surface area (Å²) >= 11 is 0. The number of hydrogen-bond donors (Lipinski definition) is 0. The molecule has 2 heterocycles. The van der Waals surface area contributed by atoms with Crippen molar-refractivity contribution in [3.63, 3.8) is 0 Å². The molecule has 2 rings (SSSR count). The molecule has 0 N–H and O–H groups in total. The van der Waals surface area contributed by atoms with Gasteiger partial charge in [0, 0.05) is 6.42 Å². The zero-order valence-corrected chi connectivity index (χ0v) is 12.3. The zero-order chi connectivity index (χ0) is 14.4. The maximum Gasteiger partial charge on any atom is 0.309 e. The van der Waals surface area contributed by atoms with Gasteiger partial charge in [-0.25, -0.2) is 0 Å². The van der Waals surface area contributed by atoms with E-state index in [9.17, 15) is 4.79 Å². The molecule has 0 aliphatic carbocycles. The number of aromatic nitrogens is 2. The molecule has 0 atom stereocenters. The minimum absolute atomic E-state index is 0.0483. The van der Waals surface area contributed by atoms with Gasteiger partial charge in [0.25, 0.3) is 0 Å². The van der Waals surface area contributed by atoms with Crippen LogP contribution in [0.5, 0.6) is 0 Å². The molecular weight excluding hydrogens is 258 g/mol. The normalized spacial score (nSPS) is 17.3. The minimum Gasteiger partial charge on any atom is -0.466 e. The number of nitrogens with zero attached hydrogens (tertiary/aromatic N) is 3. The molecule has 6 heteroatoms. The van der Waals surface area contributed by atoms with E-state index in [1.165, 1.54) is 0 Å². The standard InChI is InChI=1S/C14H23N3O3/c1-3-5-13-15-12(16-20-13)10-17-8-6-11(7-9-17)14(18)19-4-2/h11H,3-10H2,1-2H3. The Morgan fingerprint density at radius 1 is 1.40 bits per heavy atom. The van der Waals surface area contributed by atoms with Gasteiger partial charge in [0.1, 0.15) is 0 Å². The summed E-state index contributed by atoms with van der Waals surface area (Å²) in [7, 11) is 0. The fourth-order valence-electron chi connectivity index (χ4n) is 2.46. The first-order valence-corrected chi connectivity index (χ1v) is 7.43. The highest BCUT2D eigenvalue weighted by Gasteiger charge is 2.26. The highest BCUT2D eigenvalue weighted by molar-refractivity contribution is 5.72. The molecule has 0 bridgehead atoms. The molecule has 1 fully saturated rings. The third kappa shape index (κ3) is 4.03. The van der Waals surface area contributed by atoms with Crippen molar-refractivity contribution in [2.75, 3.05) is 19.7 Å². The molecule has 6 nitrogen and oxygen atoms in total. The van der Waals surface area contributed by atoms with E-state index in [4.69, 9.17) is 9.26 Å². The van der Waals surface area contributed by atoms with Crippen molar-refractivity contribution in [1.82, 2.24) is 15.0 Å². The summed E-state index contributed by atoms with van der Waals surface area (Å²) < 4.78 is 10.2. The Hall–Kier alpha value is -1.43. The van der Waals surface area contributed by atoms with E-state index in [0.717, 1.165) is 44.6 Å². The van der Waals surface area contributed by atoms with Gasteiger partial charge in [0.05, 0.1) is 19.1 Å². The second kappa shape index (κ2) is 7.38. The van der Waals surface area contributed by atoms with E-state index in [-0.39, 0.29) is 11.9 Å². The van der Waals surface area contributed by atoms with Crippen LogP contribution in [-0.2, 0) is 22.5 Å². The van der Waals surface area contributed by atoms with Crippen molar-refractivity contribution in [2.24, 2.45) is 5.92 Å². The summed E-state index contributed by atoms with van der Waals surface area (Å²) in [5.41, 5.74) is 0. The Balaban J connectivity index is 1.77. The zero-order valence-electron chi connectivity index (χ0n) is 12.3. The molecular formula is C14H23N3O3. The molecule has 112 valence electrons. The Kier molecular flexibility index (Phi) is 5.52. The molecule has 1 aromatic rings. The number of carbonyl (C=O) groups excluding carboxylic acids is 1. The monoisotopic (exact) mass is 281 g/mol. The number of piperidine rings is 1. The lowest BCUT2D eigenvalue weighted by Crippen LogP contribution is -2.36. The molecule has 0 saturated carbocycles. The van der Waals surface area contributed by atoms with Crippen LogP contribution in [0.3, 0.4) is 0 Å². The highest BCUT2D eigenvalue weighted by Crippen LogP contribution is 2.19. The first-order chi connectivity index (χ1) is 9.72. The lowest BCUT2D eigenvalue weighted by molar-refractivity contribution is -0.149. The van der Waals surface area contributed by atoms with Crippen molar-refractivity contribution in [3.8, 4) is 0 Å². The van der Waals surface area contributed by atoms with Crippen LogP contribution in [0.25, 0.3) is 0 Å². The molecule has 0 radical (unpaired) electrons. The Labute approximate surface area is 119 Å². The van der Waals surface area contributed by atoms with Crippen molar-refractivity contribution < 1.29 is 14.1 Å². The van der Waals surface area contributed by atoms with Crippen molar-refractivity contribution in [1.29, 1.82) is 0 Å². The summed E-state index contributed by atoms with van der Waals surface area (Å²) in [6.45, 7) is 6.84. The first-order valence-electron chi connectivity index (χ1n) is 7.43. The Bertz CT molecular complexity index is 425. The lowest BCUT2D eigenvalue weighted by atomic mass is 9.97. The van der Waals surface area contributed by atoms with Crippen LogP contribution in [0.4, 0.5) is 0 Å². The number of ether oxygens (including phenoxy) is 1. The van der Waals surface area contributed by atoms with Crippen LogP contribution in [0.15, 0.2) is 4.52 Å². The van der Waals surface area contributed by atoms with Gasteiger partial charge < -0.3 is 9.26 Å². The summed E-state index contributed by atoms with van der Waals surface area (Å²) in [6, 6.07) is 0. The molecule has 1 aliphatic heterocycles. The van der Waals surface area contributed by atoms with Crippen molar-refractivity contribution in [2.45, 2.75) is 46.1 Å². The summed E-state index contributed by atoms with van der Waals surface area (Å²) in [5.74, 6) is 1.44. The van der Waals surface area contributed by atoms with Crippen LogP contribution >= 0.6 is 0 Å². The third-order valence-electron chi connectivity index (χ3n) is 3.55. The smallest absolute Gasteiger partial charge is 0.309 e. The van der Waals surface area contributed by atoms with Crippen LogP contribution in [-0.4, -0.2) is 40.7 Å². The fraction of sp³-hybridized carbons (Fsp3) is 0.786. The number of rotatable bonds is 6. The Morgan fingerprint density at radius 3 is 2.80 bits per heavy atom. The van der Waals surface area contributed by atoms with E-state index in [1.807, 2.05) is 6.92 Å². The molecule has 0 unspecified atom stereocenters. The maximum absolute atomic E-state index is 11.7. The third-order valence-corrected chi connectivity index (χ3v) is 3.55. The molecule has 1 saturated heterocycles. The predicted molar refractivity (Wildman–Crippen MR) is 72.9 cm³/mol. The second-order valence-corrected chi connectivity index (χ2v) is 5.16. The van der Waals surface area contributed by atoms with E-state index in [0.29, 0.717) is 19.0 Å². The minimum atomic E-state index is -0.0584. The number of aryl methyl sites for hydroxylation is 1. The first kappa shape index (κ1) is 15.0. The quantitative estimate of drug-likeness (QED) is 0.741. The van der Waals surface area contributed by atoms with Crippen molar-refractivity contribution in [3.05, 3.63) is 11.7 Å². The van der Waals surface area contributed by atoms with Crippen LogP contribution in [0.2, 0.25) is 0 Å². The number of likely N-dealkylation sites (tertiary alicyclic amines) is 1. The van der Waals surface area contributed by atoms with Gasteiger partial charge in [0.15, 0.2) is 5.82 Å². The van der Waals surface area contributed by atoms with E-state index in [1.54, 1.807) is 0 Å². The van der Waals surface area contributed by atoms with Gasteiger partial charge in [-0.3, -0.25) is 9.69 Å². The van der Waals surface area contributed by atoms with Crippen LogP contribution < -0.4 is 0 Å². The Morgan fingerprint density at radius 2 is 2.15 bits per heavy atom. The largest absolute Gasteiger partial charge is 0.466 e. The molecule has 0 aromatic carbocycles. The van der Waals surface area contributed by atoms with Gasteiger partial charge in [-0.2, -0.15) is 4.98 Å². The average molecular weight is 281 g/mol. The van der Waals surface area contributed by atoms with Crippen molar-refractivity contribution >= 4 is 5.97 Å². The highest BCUT2D eigenvalue weighted by atomic mass is 16.5. The van der Waals surface area contributed by atoms with Gasteiger partial charge in [0.2, 0.25) is 5.89 Å². The van der Waals surface area contributed by atoms with E-state index in [2.05, 4.69) is 22.0 Å². The SMILES string of the molecule is CCCc1nc(CN2CCC(C(=O)OCC)CC2)no1. The average Bonchev–Trinajstić information content (AvgIpc) is 2.88. The summed E-state index contributed by atoms with van der Waals surface area (Å²) in [6.07, 6.45) is 3.53. The van der Waals surface area contributed by atoms with Gasteiger partial charge in [-0.1, -0.05) is 12.1 Å². The molecule has 0 amide bonds. The van der Waals surface area contributed by atoms with Crippen LogP contribution in [0.1, 0.15) is 44.8 Å². The maximum atomic E-state index is 11.7. The van der Waals surface area contributed by atoms with Gasteiger partial charge in [-0.05, 0) is 39.3 Å². The predicted octanol–water partition coefficient (Wildman–Crippen LogP) is 1.80. The fourth-order valence-corrected chi connectivity index (χ4v) is 2.46. The number of hydrogen-bond acceptors (Lipinski definition) is 6. The summed E-state index contributed by atoms with van der Waals surface area (Å²) in [5, 5.41) is 3.99. The number of esters is 1. The molecule has 1 aliphatic rings. The topological polar surface area (TPSA) is 68.5 Å². The lowest BCUT2D eigenvalue weighted by Gasteiger charge is -2.29. The number of carbonyl (C=O) groups is 1. The van der Waals surface area contributed by atoms with Gasteiger partial charge >= 0.3 is 5.97 Å². The van der Waals surface area contributed by atoms with E-state index < -0.39 is 0 Å². The summed E-state index contributed by atoms with van der Waals surface area (Å²) in [4.78, 5) is 18.3. The van der Waals surface area contributed by atoms with E-state index >= 15 is 0 Å². The van der Waals surface area contributed by atoms with Crippen LogP contribution in [0, 0.1) is 5.92 Å². The second-order valence-electron chi connectivity index (χ2n) is 5.16. The molecule has 1 aromatic heterocycles.